The topological polar surface area (TPSA) is 76.1 Å². The van der Waals surface area contributed by atoms with Crippen molar-refractivity contribution >= 4 is 33.1 Å². The van der Waals surface area contributed by atoms with E-state index < -0.39 is 11.0 Å². The minimum atomic E-state index is -1.49. The highest BCUT2D eigenvalue weighted by atomic mass is 32.2. The Morgan fingerprint density at radius 3 is 2.65 bits per heavy atom. The Morgan fingerprint density at radius 1 is 1.13 bits per heavy atom. The molecule has 164 valence electrons. The van der Waals surface area contributed by atoms with Crippen molar-refractivity contribution in [1.82, 2.24) is 9.97 Å². The van der Waals surface area contributed by atoms with E-state index in [4.69, 9.17) is 9.72 Å². The van der Waals surface area contributed by atoms with Crippen molar-refractivity contribution in [3.63, 3.8) is 0 Å². The Hall–Kier alpha value is -2.45. The van der Waals surface area contributed by atoms with Gasteiger partial charge in [-0.15, -0.1) is 0 Å². The van der Waals surface area contributed by atoms with E-state index in [1.165, 1.54) is 32.1 Å². The van der Waals surface area contributed by atoms with Crippen LogP contribution in [0.15, 0.2) is 41.4 Å². The largest absolute Gasteiger partial charge is 0.495 e. The molecular formula is C23H28N4O2S2. The number of aromatic nitrogens is 2. The molecule has 1 atom stereocenters. The Labute approximate surface area is 190 Å². The van der Waals surface area contributed by atoms with Crippen LogP contribution >= 0.6 is 11.3 Å². The Bertz CT molecular complexity index is 1060. The van der Waals surface area contributed by atoms with Crippen LogP contribution in [0.5, 0.6) is 5.75 Å². The Balaban J connectivity index is 1.58. The molecule has 1 aliphatic rings. The van der Waals surface area contributed by atoms with Crippen molar-refractivity contribution < 1.29 is 8.95 Å². The predicted octanol–water partition coefficient (Wildman–Crippen LogP) is 5.71. The summed E-state index contributed by atoms with van der Waals surface area (Å²) in [6.07, 6.45) is 8.00. The van der Waals surface area contributed by atoms with Crippen molar-refractivity contribution in [1.29, 1.82) is 0 Å². The average molecular weight is 457 g/mol. The van der Waals surface area contributed by atoms with Gasteiger partial charge in [-0.3, -0.25) is 9.71 Å². The fourth-order valence-corrected chi connectivity index (χ4v) is 5.85. The molecule has 4 rings (SSSR count). The van der Waals surface area contributed by atoms with Crippen LogP contribution < -0.4 is 14.8 Å². The maximum Gasteiger partial charge on any atom is 0.183 e. The molecule has 2 aromatic heterocycles. The lowest BCUT2D eigenvalue weighted by molar-refractivity contribution is 0.404. The van der Waals surface area contributed by atoms with Gasteiger partial charge >= 0.3 is 0 Å². The highest BCUT2D eigenvalue weighted by Crippen LogP contribution is 2.37. The minimum absolute atomic E-state index is 0.512. The van der Waals surface area contributed by atoms with Crippen LogP contribution in [0.2, 0.25) is 0 Å². The summed E-state index contributed by atoms with van der Waals surface area (Å²) in [5.74, 6) is 0.581. The molecule has 3 aromatic rings. The van der Waals surface area contributed by atoms with E-state index in [0.717, 1.165) is 27.0 Å². The van der Waals surface area contributed by atoms with Gasteiger partial charge in [0.2, 0.25) is 0 Å². The molecule has 2 heterocycles. The Kier molecular flexibility index (Phi) is 6.87. The molecular weight excluding hydrogens is 428 g/mol. The van der Waals surface area contributed by atoms with Gasteiger partial charge in [0.15, 0.2) is 16.1 Å². The van der Waals surface area contributed by atoms with Crippen molar-refractivity contribution in [2.45, 2.75) is 56.9 Å². The summed E-state index contributed by atoms with van der Waals surface area (Å²) in [5.41, 5.74) is 3.57. The zero-order valence-electron chi connectivity index (χ0n) is 18.1. The molecule has 1 aliphatic carbocycles. The first-order valence-corrected chi connectivity index (χ1v) is 12.5. The summed E-state index contributed by atoms with van der Waals surface area (Å²) < 4.78 is 21.6. The number of methoxy groups -OCH3 is 1. The molecule has 0 amide bonds. The fraction of sp³-hybridized carbons (Fsp3) is 0.391. The first-order valence-electron chi connectivity index (χ1n) is 10.6. The van der Waals surface area contributed by atoms with Gasteiger partial charge in [-0.2, -0.15) is 0 Å². The average Bonchev–Trinajstić information content (AvgIpc) is 3.15. The van der Waals surface area contributed by atoms with Crippen LogP contribution in [0.1, 0.15) is 43.5 Å². The number of benzene rings is 1. The van der Waals surface area contributed by atoms with E-state index in [1.54, 1.807) is 24.6 Å². The standard InChI is InChI=1S/C23H28N4O2S2/c1-15-9-11-19(14-24-15)27-31(28)21-13-17(10-12-20(21)29-3)22-16(2)25-23(30-22)26-18-7-5-4-6-8-18/h9-14,18,27H,4-8H2,1-3H3,(H,25,26). The van der Waals surface area contributed by atoms with Crippen molar-refractivity contribution in [2.75, 3.05) is 17.1 Å². The zero-order chi connectivity index (χ0) is 21.8. The van der Waals surface area contributed by atoms with Gasteiger partial charge in [-0.25, -0.2) is 9.19 Å². The molecule has 1 fully saturated rings. The lowest BCUT2D eigenvalue weighted by atomic mass is 9.96. The molecule has 0 bridgehead atoms. The van der Waals surface area contributed by atoms with E-state index in [-0.39, 0.29) is 0 Å². The van der Waals surface area contributed by atoms with Gasteiger partial charge in [-0.1, -0.05) is 30.6 Å². The van der Waals surface area contributed by atoms with Gasteiger partial charge in [-0.05, 0) is 62.6 Å². The predicted molar refractivity (Wildman–Crippen MR) is 128 cm³/mol. The first kappa shape index (κ1) is 21.8. The minimum Gasteiger partial charge on any atom is -0.495 e. The van der Waals surface area contributed by atoms with E-state index >= 15 is 0 Å². The number of nitrogens with zero attached hydrogens (tertiary/aromatic N) is 2. The summed E-state index contributed by atoms with van der Waals surface area (Å²) in [4.78, 5) is 10.7. The van der Waals surface area contributed by atoms with Crippen LogP contribution in [0.4, 0.5) is 10.8 Å². The molecule has 0 aliphatic heterocycles. The molecule has 31 heavy (non-hydrogen) atoms. The fourth-order valence-electron chi connectivity index (χ4n) is 3.80. The third-order valence-electron chi connectivity index (χ3n) is 5.48. The van der Waals surface area contributed by atoms with Crippen LogP contribution in [0.3, 0.4) is 0 Å². The first-order chi connectivity index (χ1) is 15.0. The van der Waals surface area contributed by atoms with Crippen LogP contribution in [0.25, 0.3) is 10.4 Å². The molecule has 8 heteroatoms. The highest BCUT2D eigenvalue weighted by Gasteiger charge is 2.19. The second kappa shape index (κ2) is 9.78. The summed E-state index contributed by atoms with van der Waals surface area (Å²) in [5, 5.41) is 4.57. The molecule has 0 radical (unpaired) electrons. The third kappa shape index (κ3) is 5.25. The second-order valence-electron chi connectivity index (χ2n) is 7.84. The molecule has 0 spiro atoms. The monoisotopic (exact) mass is 456 g/mol. The Morgan fingerprint density at radius 2 is 1.94 bits per heavy atom. The van der Waals surface area contributed by atoms with Crippen LogP contribution in [-0.4, -0.2) is 27.3 Å². The molecule has 2 N–H and O–H groups in total. The van der Waals surface area contributed by atoms with Crippen LogP contribution in [0, 0.1) is 13.8 Å². The maximum absolute atomic E-state index is 13.1. The van der Waals surface area contributed by atoms with Crippen LogP contribution in [-0.2, 0) is 11.0 Å². The lowest BCUT2D eigenvalue weighted by Crippen LogP contribution is -2.21. The number of rotatable bonds is 7. The number of hydrogen-bond acceptors (Lipinski definition) is 6. The molecule has 0 saturated heterocycles. The van der Waals surface area contributed by atoms with Gasteiger partial charge in [0.05, 0.1) is 29.6 Å². The molecule has 1 saturated carbocycles. The highest BCUT2D eigenvalue weighted by molar-refractivity contribution is 7.86. The quantitative estimate of drug-likeness (QED) is 0.476. The summed E-state index contributed by atoms with van der Waals surface area (Å²) >= 11 is 1.65. The van der Waals surface area contributed by atoms with E-state index in [1.807, 2.05) is 44.2 Å². The lowest BCUT2D eigenvalue weighted by Gasteiger charge is -2.22. The SMILES string of the molecule is COc1ccc(-c2sc(NC3CCCCC3)nc2C)cc1S(=O)Nc1ccc(C)nc1. The van der Waals surface area contributed by atoms with E-state index in [9.17, 15) is 4.21 Å². The number of ether oxygens (including phenoxy) is 1. The normalized spacial score (nSPS) is 15.5. The van der Waals surface area contributed by atoms with Gasteiger partial charge in [0, 0.05) is 11.7 Å². The number of hydrogen-bond donors (Lipinski definition) is 2. The smallest absolute Gasteiger partial charge is 0.183 e. The summed E-state index contributed by atoms with van der Waals surface area (Å²) in [6.45, 7) is 3.94. The second-order valence-corrected chi connectivity index (χ2v) is 10.0. The number of pyridine rings is 1. The van der Waals surface area contributed by atoms with E-state index in [0.29, 0.717) is 22.4 Å². The molecule has 1 unspecified atom stereocenters. The summed E-state index contributed by atoms with van der Waals surface area (Å²) in [7, 11) is 0.102. The maximum atomic E-state index is 13.1. The molecule has 1 aromatic carbocycles. The van der Waals surface area contributed by atoms with Gasteiger partial charge < -0.3 is 10.1 Å². The third-order valence-corrected chi connectivity index (χ3v) is 7.75. The number of thiazole rings is 1. The number of nitrogens with one attached hydrogen (secondary N) is 2. The number of aryl methyl sites for hydroxylation is 2. The van der Waals surface area contributed by atoms with E-state index in [2.05, 4.69) is 15.0 Å². The molecule has 6 nitrogen and oxygen atoms in total. The summed E-state index contributed by atoms with van der Waals surface area (Å²) in [6, 6.07) is 10.1. The van der Waals surface area contributed by atoms with Gasteiger partial charge in [0.25, 0.3) is 0 Å². The van der Waals surface area contributed by atoms with Crippen molar-refractivity contribution in [3.8, 4) is 16.2 Å². The van der Waals surface area contributed by atoms with Gasteiger partial charge in [0.1, 0.15) is 10.6 Å². The van der Waals surface area contributed by atoms with Crippen molar-refractivity contribution in [3.05, 3.63) is 47.9 Å². The van der Waals surface area contributed by atoms with Crippen molar-refractivity contribution in [2.24, 2.45) is 0 Å². The number of anilines is 2. The zero-order valence-corrected chi connectivity index (χ0v) is 19.7.